The zero-order valence-corrected chi connectivity index (χ0v) is 10.0. The molecule has 6 heteroatoms. The molecule has 0 spiro atoms. The zero-order valence-electron chi connectivity index (χ0n) is 10.0. The van der Waals surface area contributed by atoms with Gasteiger partial charge in [-0.3, -0.25) is 9.48 Å². The van der Waals surface area contributed by atoms with E-state index in [9.17, 15) is 4.79 Å². The fourth-order valence-corrected chi connectivity index (χ4v) is 1.28. The van der Waals surface area contributed by atoms with E-state index in [0.717, 1.165) is 5.69 Å². The van der Waals surface area contributed by atoms with Crippen molar-refractivity contribution in [2.75, 3.05) is 6.54 Å². The van der Waals surface area contributed by atoms with Crippen LogP contribution in [0, 0.1) is 0 Å². The summed E-state index contributed by atoms with van der Waals surface area (Å²) in [6.45, 7) is 5.24. The van der Waals surface area contributed by atoms with Gasteiger partial charge in [-0.15, -0.1) is 5.10 Å². The molecule has 0 aliphatic carbocycles. The molecule has 90 valence electrons. The molecule has 1 heterocycles. The molecule has 2 N–H and O–H groups in total. The van der Waals surface area contributed by atoms with Gasteiger partial charge < -0.3 is 10.6 Å². The summed E-state index contributed by atoms with van der Waals surface area (Å²) >= 11 is 0. The summed E-state index contributed by atoms with van der Waals surface area (Å²) in [4.78, 5) is 11.3. The van der Waals surface area contributed by atoms with E-state index in [2.05, 4.69) is 20.9 Å². The summed E-state index contributed by atoms with van der Waals surface area (Å²) in [6, 6.07) is 0.203. The highest BCUT2D eigenvalue weighted by molar-refractivity contribution is 5.76. The molecule has 1 rings (SSSR count). The van der Waals surface area contributed by atoms with Crippen molar-refractivity contribution in [1.82, 2.24) is 25.6 Å². The van der Waals surface area contributed by atoms with E-state index in [0.29, 0.717) is 19.5 Å². The summed E-state index contributed by atoms with van der Waals surface area (Å²) in [5.74, 6) is 0.0747. The molecule has 0 saturated carbocycles. The van der Waals surface area contributed by atoms with Gasteiger partial charge in [0.25, 0.3) is 0 Å². The maximum atomic E-state index is 11.3. The molecule has 1 amide bonds. The lowest BCUT2D eigenvalue weighted by Crippen LogP contribution is -2.32. The van der Waals surface area contributed by atoms with Crippen molar-refractivity contribution in [2.45, 2.75) is 32.9 Å². The minimum atomic E-state index is 0.0747. The third-order valence-electron chi connectivity index (χ3n) is 2.09. The first-order chi connectivity index (χ1) is 7.59. The highest BCUT2D eigenvalue weighted by Crippen LogP contribution is 1.92. The number of aryl methyl sites for hydroxylation is 1. The van der Waals surface area contributed by atoms with Gasteiger partial charge in [-0.2, -0.15) is 0 Å². The predicted molar refractivity (Wildman–Crippen MR) is 60.6 cm³/mol. The van der Waals surface area contributed by atoms with Crippen LogP contribution >= 0.6 is 0 Å². The Morgan fingerprint density at radius 3 is 2.88 bits per heavy atom. The van der Waals surface area contributed by atoms with Crippen LogP contribution in [0.25, 0.3) is 0 Å². The molecule has 6 nitrogen and oxygen atoms in total. The second-order valence-electron chi connectivity index (χ2n) is 4.00. The van der Waals surface area contributed by atoms with Crippen molar-refractivity contribution in [3.05, 3.63) is 11.9 Å². The smallest absolute Gasteiger partial charge is 0.221 e. The summed E-state index contributed by atoms with van der Waals surface area (Å²) in [6.07, 6.45) is 2.20. The third kappa shape index (κ3) is 4.39. The molecule has 1 aromatic rings. The number of amides is 1. The largest absolute Gasteiger partial charge is 0.354 e. The van der Waals surface area contributed by atoms with Crippen LogP contribution in [-0.2, 0) is 18.4 Å². The lowest BCUT2D eigenvalue weighted by atomic mass is 10.3. The Labute approximate surface area is 95.4 Å². The molecule has 0 bridgehead atoms. The average molecular weight is 225 g/mol. The van der Waals surface area contributed by atoms with Crippen molar-refractivity contribution >= 4 is 5.91 Å². The highest BCUT2D eigenvalue weighted by Gasteiger charge is 2.03. The molecule has 0 unspecified atom stereocenters. The number of hydrogen-bond donors (Lipinski definition) is 2. The van der Waals surface area contributed by atoms with E-state index >= 15 is 0 Å². The number of aromatic nitrogens is 3. The van der Waals surface area contributed by atoms with E-state index in [1.54, 1.807) is 10.9 Å². The maximum Gasteiger partial charge on any atom is 0.221 e. The summed E-state index contributed by atoms with van der Waals surface area (Å²) < 4.78 is 1.71. The summed E-state index contributed by atoms with van der Waals surface area (Å²) in [7, 11) is 1.84. The van der Waals surface area contributed by atoms with E-state index in [4.69, 9.17) is 0 Å². The first-order valence-corrected chi connectivity index (χ1v) is 5.43. The van der Waals surface area contributed by atoms with Crippen LogP contribution < -0.4 is 10.6 Å². The molecular formula is C10H19N5O. The molecule has 0 radical (unpaired) electrons. The van der Waals surface area contributed by atoms with Crippen molar-refractivity contribution < 1.29 is 4.79 Å². The topological polar surface area (TPSA) is 71.8 Å². The van der Waals surface area contributed by atoms with E-state index in [1.165, 1.54) is 0 Å². The van der Waals surface area contributed by atoms with E-state index in [1.807, 2.05) is 20.9 Å². The summed E-state index contributed by atoms with van der Waals surface area (Å²) in [5, 5.41) is 13.6. The Kier molecular flexibility index (Phi) is 4.91. The van der Waals surface area contributed by atoms with Gasteiger partial charge in [-0.1, -0.05) is 5.21 Å². The first-order valence-electron chi connectivity index (χ1n) is 5.43. The number of carbonyl (C=O) groups excluding carboxylic acids is 1. The van der Waals surface area contributed by atoms with Crippen LogP contribution in [-0.4, -0.2) is 33.5 Å². The Bertz CT molecular complexity index is 334. The molecule has 0 aliphatic rings. The molecule has 0 fully saturated rings. The zero-order chi connectivity index (χ0) is 12.0. The van der Waals surface area contributed by atoms with Gasteiger partial charge in [0.2, 0.25) is 5.91 Å². The Morgan fingerprint density at radius 1 is 1.56 bits per heavy atom. The van der Waals surface area contributed by atoms with E-state index < -0.39 is 0 Å². The number of rotatable bonds is 6. The summed E-state index contributed by atoms with van der Waals surface area (Å²) in [5.41, 5.74) is 1.00. The maximum absolute atomic E-state index is 11.3. The number of carbonyl (C=O) groups is 1. The van der Waals surface area contributed by atoms with Crippen molar-refractivity contribution in [3.8, 4) is 0 Å². The van der Waals surface area contributed by atoms with Crippen molar-refractivity contribution in [1.29, 1.82) is 0 Å². The minimum Gasteiger partial charge on any atom is -0.354 e. The van der Waals surface area contributed by atoms with Crippen LogP contribution in [0.5, 0.6) is 0 Å². The van der Waals surface area contributed by atoms with Crippen LogP contribution in [0.15, 0.2) is 6.20 Å². The fraction of sp³-hybridized carbons (Fsp3) is 0.700. The normalized spacial score (nSPS) is 10.8. The number of nitrogens with zero attached hydrogens (tertiary/aromatic N) is 3. The quantitative estimate of drug-likeness (QED) is 0.659. The van der Waals surface area contributed by atoms with Gasteiger partial charge in [-0.05, 0) is 13.8 Å². The van der Waals surface area contributed by atoms with Gasteiger partial charge >= 0.3 is 0 Å². The monoisotopic (exact) mass is 225 g/mol. The van der Waals surface area contributed by atoms with Crippen molar-refractivity contribution in [3.63, 3.8) is 0 Å². The molecule has 0 aromatic carbocycles. The van der Waals surface area contributed by atoms with Gasteiger partial charge in [0.15, 0.2) is 0 Å². The first kappa shape index (κ1) is 12.6. The minimum absolute atomic E-state index is 0.0747. The standard InChI is InChI=1S/C10H19N5O/c1-8(2)13-10(16)4-5-11-6-9-7-12-14-15(9)3/h7-8,11H,4-6H2,1-3H3,(H,13,16). The van der Waals surface area contributed by atoms with Gasteiger partial charge in [-0.25, -0.2) is 0 Å². The molecule has 0 aliphatic heterocycles. The second-order valence-corrected chi connectivity index (χ2v) is 4.00. The average Bonchev–Trinajstić information content (AvgIpc) is 2.58. The Hall–Kier alpha value is -1.43. The lowest BCUT2D eigenvalue weighted by molar-refractivity contribution is -0.121. The van der Waals surface area contributed by atoms with Crippen LogP contribution in [0.4, 0.5) is 0 Å². The lowest BCUT2D eigenvalue weighted by Gasteiger charge is -2.08. The number of hydrogen-bond acceptors (Lipinski definition) is 4. The molecule has 0 saturated heterocycles. The van der Waals surface area contributed by atoms with Crippen molar-refractivity contribution in [2.24, 2.45) is 7.05 Å². The van der Waals surface area contributed by atoms with Gasteiger partial charge in [0.05, 0.1) is 11.9 Å². The molecule has 0 atom stereocenters. The molecular weight excluding hydrogens is 206 g/mol. The van der Waals surface area contributed by atoms with E-state index in [-0.39, 0.29) is 11.9 Å². The number of nitrogens with one attached hydrogen (secondary N) is 2. The Morgan fingerprint density at radius 2 is 2.31 bits per heavy atom. The highest BCUT2D eigenvalue weighted by atomic mass is 16.1. The van der Waals surface area contributed by atoms with Crippen LogP contribution in [0.2, 0.25) is 0 Å². The molecule has 1 aromatic heterocycles. The second kappa shape index (κ2) is 6.22. The third-order valence-corrected chi connectivity index (χ3v) is 2.09. The predicted octanol–water partition coefficient (Wildman–Crippen LogP) is -0.181. The Balaban J connectivity index is 2.13. The fourth-order valence-electron chi connectivity index (χ4n) is 1.28. The SMILES string of the molecule is CC(C)NC(=O)CCNCc1cnnn1C. The van der Waals surface area contributed by atoms with Gasteiger partial charge in [0.1, 0.15) is 0 Å². The van der Waals surface area contributed by atoms with Crippen LogP contribution in [0.3, 0.4) is 0 Å². The van der Waals surface area contributed by atoms with Gasteiger partial charge in [0, 0.05) is 32.6 Å². The molecule has 16 heavy (non-hydrogen) atoms. The van der Waals surface area contributed by atoms with Crippen LogP contribution in [0.1, 0.15) is 26.0 Å².